The predicted octanol–water partition coefficient (Wildman–Crippen LogP) is 2.12. The van der Waals surface area contributed by atoms with Crippen molar-refractivity contribution >= 4 is 5.97 Å². The van der Waals surface area contributed by atoms with E-state index in [9.17, 15) is 4.79 Å². The van der Waals surface area contributed by atoms with Crippen LogP contribution in [0.25, 0.3) is 10.4 Å². The number of ether oxygens (including phenoxy) is 3. The van der Waals surface area contributed by atoms with E-state index in [-0.39, 0.29) is 18.3 Å². The smallest absolute Gasteiger partial charge is 0.305 e. The molecule has 0 aliphatic carbocycles. The summed E-state index contributed by atoms with van der Waals surface area (Å²) in [5, 5.41) is 3.60. The van der Waals surface area contributed by atoms with Gasteiger partial charge >= 0.3 is 5.97 Å². The van der Waals surface area contributed by atoms with Gasteiger partial charge in [-0.1, -0.05) is 5.11 Å². The molecule has 0 spiro atoms. The molecule has 0 unspecified atom stereocenters. The Morgan fingerprint density at radius 1 is 1.59 bits per heavy atom. The minimum atomic E-state index is -0.483. The van der Waals surface area contributed by atoms with Crippen LogP contribution in [0.15, 0.2) is 5.11 Å². The zero-order valence-electron chi connectivity index (χ0n) is 10.0. The van der Waals surface area contributed by atoms with Gasteiger partial charge in [0.2, 0.25) is 0 Å². The molecule has 1 aliphatic heterocycles. The Labute approximate surface area is 99.7 Å². The van der Waals surface area contributed by atoms with Gasteiger partial charge in [-0.15, -0.1) is 0 Å². The largest absolute Gasteiger partial charge is 0.466 e. The fourth-order valence-corrected chi connectivity index (χ4v) is 1.57. The average molecular weight is 243 g/mol. The third-order valence-corrected chi connectivity index (χ3v) is 2.35. The van der Waals surface area contributed by atoms with Crippen LogP contribution < -0.4 is 0 Å². The van der Waals surface area contributed by atoms with Crippen molar-refractivity contribution in [2.24, 2.45) is 5.11 Å². The number of carbonyl (C=O) groups is 1. The summed E-state index contributed by atoms with van der Waals surface area (Å²) in [7, 11) is 0. The molecule has 0 aromatic rings. The summed E-state index contributed by atoms with van der Waals surface area (Å²) in [6.07, 6.45) is 0.707. The molecule has 0 aromatic carbocycles. The van der Waals surface area contributed by atoms with Crippen LogP contribution in [-0.4, -0.2) is 31.2 Å². The molecule has 0 aromatic heterocycles. The highest BCUT2D eigenvalue weighted by atomic mass is 16.9. The Balaban J connectivity index is 2.25. The molecule has 7 nitrogen and oxygen atoms in total. The molecule has 0 N–H and O–H groups in total. The van der Waals surface area contributed by atoms with E-state index >= 15 is 0 Å². The Hall–Kier alpha value is -1.30. The van der Waals surface area contributed by atoms with Crippen molar-refractivity contribution in [3.63, 3.8) is 0 Å². The lowest BCUT2D eigenvalue weighted by Crippen LogP contribution is -2.45. The van der Waals surface area contributed by atoms with E-state index in [0.717, 1.165) is 0 Å². The van der Waals surface area contributed by atoms with Gasteiger partial charge in [-0.05, 0) is 32.2 Å². The normalized spacial score (nSPS) is 24.4. The van der Waals surface area contributed by atoms with Crippen molar-refractivity contribution in [2.75, 3.05) is 6.61 Å². The number of esters is 1. The summed E-state index contributed by atoms with van der Waals surface area (Å²) < 4.78 is 15.3. The number of rotatable bonds is 7. The molecule has 96 valence electrons. The Morgan fingerprint density at radius 3 is 2.82 bits per heavy atom. The summed E-state index contributed by atoms with van der Waals surface area (Å²) in [5.74, 6) is -0.240. The van der Waals surface area contributed by atoms with Gasteiger partial charge in [-0.25, -0.2) is 0 Å². The summed E-state index contributed by atoms with van der Waals surface area (Å²) in [5.41, 5.74) is 8.42. The number of azide groups is 1. The highest BCUT2D eigenvalue weighted by molar-refractivity contribution is 5.69. The third kappa shape index (κ3) is 4.60. The van der Waals surface area contributed by atoms with Crippen LogP contribution in [0.1, 0.15) is 33.1 Å². The van der Waals surface area contributed by atoms with Crippen molar-refractivity contribution in [3.05, 3.63) is 10.4 Å². The van der Waals surface area contributed by atoms with Crippen LogP contribution in [0.2, 0.25) is 0 Å². The topological polar surface area (TPSA) is 93.5 Å². The first-order valence-corrected chi connectivity index (χ1v) is 5.68. The van der Waals surface area contributed by atoms with Crippen LogP contribution in [0, 0.1) is 0 Å². The van der Waals surface area contributed by atoms with Crippen molar-refractivity contribution < 1.29 is 19.0 Å². The molecular formula is C10H17N3O4. The zero-order valence-corrected chi connectivity index (χ0v) is 10.0. The van der Waals surface area contributed by atoms with Crippen LogP contribution >= 0.6 is 0 Å². The first-order valence-electron chi connectivity index (χ1n) is 5.68. The molecule has 17 heavy (non-hydrogen) atoms. The van der Waals surface area contributed by atoms with Crippen molar-refractivity contribution in [1.29, 1.82) is 0 Å². The van der Waals surface area contributed by atoms with E-state index in [4.69, 9.17) is 19.7 Å². The van der Waals surface area contributed by atoms with E-state index < -0.39 is 6.29 Å². The summed E-state index contributed by atoms with van der Waals surface area (Å²) in [4.78, 5) is 13.8. The monoisotopic (exact) mass is 243 g/mol. The van der Waals surface area contributed by atoms with Crippen molar-refractivity contribution in [2.45, 2.75) is 51.7 Å². The standard InChI is InChI=1S/C10H17N3O4/c1-3-15-9(14)6-4-5-8(12-13-11)10-16-7(2)17-10/h7-8,10H,3-6H2,1-2H3/t7?,8-,10?/m1/s1. The first-order chi connectivity index (χ1) is 8.17. The Morgan fingerprint density at radius 2 is 2.29 bits per heavy atom. The van der Waals surface area contributed by atoms with Gasteiger partial charge in [0, 0.05) is 11.3 Å². The Bertz CT molecular complexity index is 298. The van der Waals surface area contributed by atoms with Crippen molar-refractivity contribution in [1.82, 2.24) is 0 Å². The van der Waals surface area contributed by atoms with Gasteiger partial charge in [0.05, 0.1) is 12.6 Å². The van der Waals surface area contributed by atoms with Crippen LogP contribution in [0.3, 0.4) is 0 Å². The Kier molecular flexibility index (Phi) is 5.76. The lowest BCUT2D eigenvalue weighted by molar-refractivity contribution is -0.381. The maximum atomic E-state index is 11.1. The molecular weight excluding hydrogens is 226 g/mol. The molecule has 1 fully saturated rings. The molecule has 0 amide bonds. The summed E-state index contributed by atoms with van der Waals surface area (Å²) >= 11 is 0. The maximum absolute atomic E-state index is 11.1. The zero-order chi connectivity index (χ0) is 12.7. The number of carbonyl (C=O) groups excluding carboxylic acids is 1. The second-order valence-electron chi connectivity index (χ2n) is 3.68. The summed E-state index contributed by atoms with van der Waals surface area (Å²) in [6, 6.07) is -0.384. The maximum Gasteiger partial charge on any atom is 0.305 e. The fourth-order valence-electron chi connectivity index (χ4n) is 1.57. The average Bonchev–Trinajstić information content (AvgIpc) is 2.24. The van der Waals surface area contributed by atoms with Crippen molar-refractivity contribution in [3.8, 4) is 0 Å². The fraction of sp³-hybridized carbons (Fsp3) is 0.900. The van der Waals surface area contributed by atoms with Gasteiger partial charge in [-0.3, -0.25) is 4.79 Å². The molecule has 0 saturated carbocycles. The lowest BCUT2D eigenvalue weighted by Gasteiger charge is -2.37. The predicted molar refractivity (Wildman–Crippen MR) is 58.8 cm³/mol. The van der Waals surface area contributed by atoms with Crippen LogP contribution in [0.5, 0.6) is 0 Å². The van der Waals surface area contributed by atoms with E-state index in [2.05, 4.69) is 10.0 Å². The molecule has 1 saturated heterocycles. The first kappa shape index (κ1) is 13.8. The van der Waals surface area contributed by atoms with E-state index in [1.54, 1.807) is 13.8 Å². The SMILES string of the molecule is CCOC(=O)CCC[C@@H](N=[N+]=[N-])C1OC(C)O1. The highest BCUT2D eigenvalue weighted by Gasteiger charge is 2.33. The lowest BCUT2D eigenvalue weighted by atomic mass is 10.1. The number of nitrogens with zero attached hydrogens (tertiary/aromatic N) is 3. The second-order valence-corrected chi connectivity index (χ2v) is 3.68. The minimum absolute atomic E-state index is 0.240. The van der Waals surface area contributed by atoms with Crippen LogP contribution in [0.4, 0.5) is 0 Å². The summed E-state index contributed by atoms with van der Waals surface area (Å²) in [6.45, 7) is 3.91. The molecule has 0 bridgehead atoms. The molecule has 1 aliphatic rings. The van der Waals surface area contributed by atoms with Gasteiger partial charge in [0.1, 0.15) is 0 Å². The molecule has 1 atom stereocenters. The highest BCUT2D eigenvalue weighted by Crippen LogP contribution is 2.24. The van der Waals surface area contributed by atoms with Gasteiger partial charge in [0.25, 0.3) is 0 Å². The quantitative estimate of drug-likeness (QED) is 0.296. The van der Waals surface area contributed by atoms with Gasteiger partial charge in [0.15, 0.2) is 12.6 Å². The van der Waals surface area contributed by atoms with E-state index in [1.165, 1.54) is 0 Å². The van der Waals surface area contributed by atoms with Gasteiger partial charge < -0.3 is 14.2 Å². The van der Waals surface area contributed by atoms with Crippen LogP contribution in [-0.2, 0) is 19.0 Å². The van der Waals surface area contributed by atoms with E-state index in [1.807, 2.05) is 0 Å². The molecule has 1 heterocycles. The van der Waals surface area contributed by atoms with Gasteiger partial charge in [-0.2, -0.15) is 0 Å². The molecule has 7 heteroatoms. The second kappa shape index (κ2) is 7.11. The number of hydrogen-bond donors (Lipinski definition) is 0. The molecule has 0 radical (unpaired) electrons. The molecule has 1 rings (SSSR count). The van der Waals surface area contributed by atoms with E-state index in [0.29, 0.717) is 25.9 Å². The minimum Gasteiger partial charge on any atom is -0.466 e. The number of hydrogen-bond acceptors (Lipinski definition) is 5. The third-order valence-electron chi connectivity index (χ3n) is 2.35.